The summed E-state index contributed by atoms with van der Waals surface area (Å²) in [6.07, 6.45) is 0. The van der Waals surface area contributed by atoms with E-state index in [0.29, 0.717) is 18.2 Å². The Balaban J connectivity index is 1.68. The second-order valence-corrected chi connectivity index (χ2v) is 5.66. The minimum Gasteiger partial charge on any atom is -0.492 e. The topological polar surface area (TPSA) is 48.7 Å². The van der Waals surface area contributed by atoms with Gasteiger partial charge in [-0.15, -0.1) is 0 Å². The molecule has 0 amide bonds. The van der Waals surface area contributed by atoms with Gasteiger partial charge < -0.3 is 9.47 Å². The van der Waals surface area contributed by atoms with Crippen molar-refractivity contribution < 1.29 is 9.47 Å². The molecule has 0 aliphatic carbocycles. The van der Waals surface area contributed by atoms with E-state index in [0.717, 1.165) is 45.1 Å². The molecule has 5 heteroatoms. The zero-order chi connectivity index (χ0) is 15.8. The molecule has 1 heterocycles. The fourth-order valence-electron chi connectivity index (χ4n) is 2.73. The van der Waals surface area contributed by atoms with Gasteiger partial charge in [-0.2, -0.15) is 5.26 Å². The average molecular weight is 303 g/mol. The molecule has 120 valence electrons. The fourth-order valence-corrected chi connectivity index (χ4v) is 2.73. The molecule has 0 unspecified atom stereocenters. The number of nitrogens with zero attached hydrogens (tertiary/aromatic N) is 3. The first-order chi connectivity index (χ1) is 10.7. The zero-order valence-corrected chi connectivity index (χ0v) is 13.5. The van der Waals surface area contributed by atoms with Gasteiger partial charge >= 0.3 is 0 Å². The largest absolute Gasteiger partial charge is 0.492 e. The highest BCUT2D eigenvalue weighted by atomic mass is 16.5. The van der Waals surface area contributed by atoms with Crippen molar-refractivity contribution in [2.24, 2.45) is 0 Å². The molecule has 0 bridgehead atoms. The Kier molecular flexibility index (Phi) is 6.66. The summed E-state index contributed by atoms with van der Waals surface area (Å²) in [5, 5.41) is 8.77. The zero-order valence-electron chi connectivity index (χ0n) is 13.5. The second-order valence-electron chi connectivity index (χ2n) is 5.66. The van der Waals surface area contributed by atoms with Gasteiger partial charge in [0.2, 0.25) is 0 Å². The number of hydrogen-bond donors (Lipinski definition) is 0. The molecule has 1 aromatic rings. The number of hydrogen-bond acceptors (Lipinski definition) is 5. The van der Waals surface area contributed by atoms with Crippen LogP contribution in [0.2, 0.25) is 0 Å². The molecule has 1 saturated heterocycles. The highest BCUT2D eigenvalue weighted by Gasteiger charge is 2.22. The first-order valence-electron chi connectivity index (χ1n) is 7.81. The molecule has 0 aromatic heterocycles. The third kappa shape index (κ3) is 4.99. The van der Waals surface area contributed by atoms with Gasteiger partial charge in [-0.1, -0.05) is 0 Å². The highest BCUT2D eigenvalue weighted by molar-refractivity contribution is 5.34. The maximum Gasteiger partial charge on any atom is 0.119 e. The second kappa shape index (κ2) is 8.74. The van der Waals surface area contributed by atoms with Gasteiger partial charge in [0.05, 0.1) is 18.2 Å². The van der Waals surface area contributed by atoms with Gasteiger partial charge in [-0.05, 0) is 31.2 Å². The van der Waals surface area contributed by atoms with E-state index in [1.54, 1.807) is 19.2 Å². The van der Waals surface area contributed by atoms with Crippen molar-refractivity contribution in [2.75, 3.05) is 53.0 Å². The standard InChI is InChI=1S/C17H25N3O2/c1-15-14-19(7-8-20(15)10-11-21-2)9-12-22-17-5-3-16(13-18)4-6-17/h3-6,15H,7-12,14H2,1-2H3/t15-/m1/s1. The monoisotopic (exact) mass is 303 g/mol. The van der Waals surface area contributed by atoms with E-state index in [9.17, 15) is 0 Å². The van der Waals surface area contributed by atoms with Gasteiger partial charge in [0.15, 0.2) is 0 Å². The lowest BCUT2D eigenvalue weighted by Gasteiger charge is -2.39. The number of benzene rings is 1. The molecule has 5 nitrogen and oxygen atoms in total. The van der Waals surface area contributed by atoms with E-state index in [2.05, 4.69) is 22.8 Å². The molecule has 2 rings (SSSR count). The first kappa shape index (κ1) is 16.8. The van der Waals surface area contributed by atoms with E-state index in [4.69, 9.17) is 14.7 Å². The van der Waals surface area contributed by atoms with Gasteiger partial charge in [-0.25, -0.2) is 0 Å². The lowest BCUT2D eigenvalue weighted by Crippen LogP contribution is -2.53. The summed E-state index contributed by atoms with van der Waals surface area (Å²) < 4.78 is 10.9. The number of methoxy groups -OCH3 is 1. The molecule has 1 aliphatic rings. The van der Waals surface area contributed by atoms with Crippen LogP contribution in [0.3, 0.4) is 0 Å². The van der Waals surface area contributed by atoms with Crippen molar-refractivity contribution in [3.8, 4) is 11.8 Å². The number of rotatable bonds is 7. The Morgan fingerprint density at radius 1 is 1.18 bits per heavy atom. The van der Waals surface area contributed by atoms with Crippen molar-refractivity contribution in [1.82, 2.24) is 9.80 Å². The fraction of sp³-hybridized carbons (Fsp3) is 0.588. The summed E-state index contributed by atoms with van der Waals surface area (Å²) in [7, 11) is 1.75. The van der Waals surface area contributed by atoms with Crippen molar-refractivity contribution in [2.45, 2.75) is 13.0 Å². The van der Waals surface area contributed by atoms with Crippen LogP contribution in [-0.4, -0.2) is 68.9 Å². The lowest BCUT2D eigenvalue weighted by molar-refractivity contribution is 0.0531. The number of piperazine rings is 1. The van der Waals surface area contributed by atoms with E-state index in [1.807, 2.05) is 12.1 Å². The number of nitriles is 1. The molecule has 0 saturated carbocycles. The summed E-state index contributed by atoms with van der Waals surface area (Å²) >= 11 is 0. The normalized spacial score (nSPS) is 19.8. The minimum absolute atomic E-state index is 0.554. The van der Waals surface area contributed by atoms with Crippen molar-refractivity contribution in [3.05, 3.63) is 29.8 Å². The molecule has 1 aromatic carbocycles. The lowest BCUT2D eigenvalue weighted by atomic mass is 10.2. The van der Waals surface area contributed by atoms with E-state index < -0.39 is 0 Å². The van der Waals surface area contributed by atoms with E-state index in [1.165, 1.54) is 0 Å². The molecule has 1 fully saturated rings. The SMILES string of the molecule is COCCN1CCN(CCOc2ccc(C#N)cc2)C[C@H]1C. The van der Waals surface area contributed by atoms with Gasteiger partial charge in [0.1, 0.15) is 12.4 Å². The molecule has 0 radical (unpaired) electrons. The summed E-state index contributed by atoms with van der Waals surface area (Å²) in [5.74, 6) is 0.825. The van der Waals surface area contributed by atoms with Crippen LogP contribution in [-0.2, 0) is 4.74 Å². The number of ether oxygens (including phenoxy) is 2. The predicted molar refractivity (Wildman–Crippen MR) is 86.0 cm³/mol. The van der Waals surface area contributed by atoms with Gasteiger partial charge in [-0.3, -0.25) is 9.80 Å². The molecular formula is C17H25N3O2. The van der Waals surface area contributed by atoms with Crippen LogP contribution >= 0.6 is 0 Å². The van der Waals surface area contributed by atoms with Crippen LogP contribution in [0.4, 0.5) is 0 Å². The summed E-state index contributed by atoms with van der Waals surface area (Å²) in [4.78, 5) is 4.92. The maximum atomic E-state index is 8.77. The van der Waals surface area contributed by atoms with Gasteiger partial charge in [0.25, 0.3) is 0 Å². The van der Waals surface area contributed by atoms with Crippen LogP contribution in [0.25, 0.3) is 0 Å². The van der Waals surface area contributed by atoms with Crippen molar-refractivity contribution >= 4 is 0 Å². The Labute approximate surface area is 133 Å². The maximum absolute atomic E-state index is 8.77. The quantitative estimate of drug-likeness (QED) is 0.765. The van der Waals surface area contributed by atoms with E-state index in [-0.39, 0.29) is 0 Å². The van der Waals surface area contributed by atoms with Gasteiger partial charge in [0, 0.05) is 45.9 Å². The molecule has 1 aliphatic heterocycles. The Hall–Kier alpha value is -1.61. The summed E-state index contributed by atoms with van der Waals surface area (Å²) in [6, 6.07) is 9.93. The molecule has 0 N–H and O–H groups in total. The smallest absolute Gasteiger partial charge is 0.119 e. The van der Waals surface area contributed by atoms with Crippen LogP contribution in [0.15, 0.2) is 24.3 Å². The van der Waals surface area contributed by atoms with Crippen molar-refractivity contribution in [3.63, 3.8) is 0 Å². The van der Waals surface area contributed by atoms with Crippen molar-refractivity contribution in [1.29, 1.82) is 5.26 Å². The molecular weight excluding hydrogens is 278 g/mol. The Bertz CT molecular complexity index is 484. The predicted octanol–water partition coefficient (Wildman–Crippen LogP) is 1.59. The van der Waals surface area contributed by atoms with Crippen LogP contribution in [0.5, 0.6) is 5.75 Å². The summed E-state index contributed by atoms with van der Waals surface area (Å²) in [5.41, 5.74) is 0.661. The Morgan fingerprint density at radius 3 is 2.59 bits per heavy atom. The van der Waals surface area contributed by atoms with Crippen LogP contribution < -0.4 is 4.74 Å². The third-order valence-corrected chi connectivity index (χ3v) is 4.09. The first-order valence-corrected chi connectivity index (χ1v) is 7.81. The Morgan fingerprint density at radius 2 is 1.95 bits per heavy atom. The third-order valence-electron chi connectivity index (χ3n) is 4.09. The van der Waals surface area contributed by atoms with E-state index >= 15 is 0 Å². The van der Waals surface area contributed by atoms with Crippen LogP contribution in [0.1, 0.15) is 12.5 Å². The summed E-state index contributed by atoms with van der Waals surface area (Å²) in [6.45, 7) is 8.91. The highest BCUT2D eigenvalue weighted by Crippen LogP contribution is 2.12. The molecule has 0 spiro atoms. The van der Waals surface area contributed by atoms with Crippen LogP contribution in [0, 0.1) is 11.3 Å². The molecule has 1 atom stereocenters. The molecule has 22 heavy (non-hydrogen) atoms. The average Bonchev–Trinajstić information content (AvgIpc) is 2.55. The minimum atomic E-state index is 0.554.